The summed E-state index contributed by atoms with van der Waals surface area (Å²) in [6.45, 7) is 5.51. The minimum atomic E-state index is 0.705. The van der Waals surface area contributed by atoms with E-state index < -0.39 is 0 Å². The predicted octanol–water partition coefficient (Wildman–Crippen LogP) is 3.08. The molecule has 5 heteroatoms. The lowest BCUT2D eigenvalue weighted by molar-refractivity contribution is 0.613. The molecule has 1 heterocycles. The Labute approximate surface area is 118 Å². The van der Waals surface area contributed by atoms with Gasteiger partial charge in [0, 0.05) is 25.0 Å². The molecule has 0 spiro atoms. The monoisotopic (exact) mass is 278 g/mol. The van der Waals surface area contributed by atoms with Crippen molar-refractivity contribution in [3.63, 3.8) is 0 Å². The van der Waals surface area contributed by atoms with E-state index in [2.05, 4.69) is 16.9 Å². The molecule has 0 saturated carbocycles. The SMILES string of the molecule is CCn1nc(C)c(Cl)c1CN(C)c1cccc(N)c1. The molecule has 1 aromatic carbocycles. The van der Waals surface area contributed by atoms with E-state index in [0.29, 0.717) is 6.54 Å². The minimum Gasteiger partial charge on any atom is -0.399 e. The van der Waals surface area contributed by atoms with Crippen LogP contribution in [0.2, 0.25) is 5.02 Å². The lowest BCUT2D eigenvalue weighted by atomic mass is 10.2. The van der Waals surface area contributed by atoms with Gasteiger partial charge in [-0.05, 0) is 32.0 Å². The second-order valence-electron chi connectivity index (χ2n) is 4.61. The lowest BCUT2D eigenvalue weighted by Gasteiger charge is -2.20. The highest BCUT2D eigenvalue weighted by molar-refractivity contribution is 6.31. The van der Waals surface area contributed by atoms with Gasteiger partial charge in [0.1, 0.15) is 0 Å². The van der Waals surface area contributed by atoms with E-state index in [1.54, 1.807) is 0 Å². The van der Waals surface area contributed by atoms with Crippen molar-refractivity contribution in [3.05, 3.63) is 40.7 Å². The second kappa shape index (κ2) is 5.53. The van der Waals surface area contributed by atoms with Crippen molar-refractivity contribution in [1.82, 2.24) is 9.78 Å². The second-order valence-corrected chi connectivity index (χ2v) is 4.99. The molecule has 0 aliphatic heterocycles. The van der Waals surface area contributed by atoms with Gasteiger partial charge < -0.3 is 10.6 Å². The Bertz CT molecular complexity index is 577. The third-order valence-corrected chi connectivity index (χ3v) is 3.64. The number of anilines is 2. The van der Waals surface area contributed by atoms with Crippen LogP contribution in [0.3, 0.4) is 0 Å². The molecule has 102 valence electrons. The van der Waals surface area contributed by atoms with Crippen molar-refractivity contribution in [3.8, 4) is 0 Å². The summed E-state index contributed by atoms with van der Waals surface area (Å²) >= 11 is 6.32. The van der Waals surface area contributed by atoms with Gasteiger partial charge in [0.15, 0.2) is 0 Å². The number of nitrogens with zero attached hydrogens (tertiary/aromatic N) is 3. The Morgan fingerprint density at radius 3 is 2.79 bits per heavy atom. The maximum absolute atomic E-state index is 6.32. The van der Waals surface area contributed by atoms with Gasteiger partial charge in [-0.2, -0.15) is 5.10 Å². The first-order valence-corrected chi connectivity index (χ1v) is 6.69. The number of hydrogen-bond acceptors (Lipinski definition) is 3. The fourth-order valence-corrected chi connectivity index (χ4v) is 2.29. The summed E-state index contributed by atoms with van der Waals surface area (Å²) in [4.78, 5) is 2.12. The molecule has 2 N–H and O–H groups in total. The van der Waals surface area contributed by atoms with Gasteiger partial charge in [-0.25, -0.2) is 0 Å². The van der Waals surface area contributed by atoms with Crippen LogP contribution in [0.15, 0.2) is 24.3 Å². The first-order valence-electron chi connectivity index (χ1n) is 6.31. The Morgan fingerprint density at radius 2 is 2.16 bits per heavy atom. The number of hydrogen-bond donors (Lipinski definition) is 1. The van der Waals surface area contributed by atoms with Gasteiger partial charge in [0.2, 0.25) is 0 Å². The third-order valence-electron chi connectivity index (χ3n) is 3.15. The molecular weight excluding hydrogens is 260 g/mol. The van der Waals surface area contributed by atoms with Gasteiger partial charge in [-0.15, -0.1) is 0 Å². The molecule has 0 aliphatic rings. The molecule has 0 radical (unpaired) electrons. The quantitative estimate of drug-likeness (QED) is 0.875. The fourth-order valence-electron chi connectivity index (χ4n) is 2.10. The zero-order chi connectivity index (χ0) is 14.0. The number of benzene rings is 1. The number of rotatable bonds is 4. The molecule has 0 unspecified atom stereocenters. The van der Waals surface area contributed by atoms with E-state index >= 15 is 0 Å². The molecule has 4 nitrogen and oxygen atoms in total. The average Bonchev–Trinajstić information content (AvgIpc) is 2.66. The van der Waals surface area contributed by atoms with E-state index in [-0.39, 0.29) is 0 Å². The number of aromatic nitrogens is 2. The van der Waals surface area contributed by atoms with Gasteiger partial charge in [-0.1, -0.05) is 17.7 Å². The molecule has 0 atom stereocenters. The largest absolute Gasteiger partial charge is 0.399 e. The van der Waals surface area contributed by atoms with E-state index in [4.69, 9.17) is 17.3 Å². The van der Waals surface area contributed by atoms with E-state index in [0.717, 1.165) is 34.3 Å². The van der Waals surface area contributed by atoms with Crippen LogP contribution in [0.1, 0.15) is 18.3 Å². The minimum absolute atomic E-state index is 0.705. The van der Waals surface area contributed by atoms with E-state index in [9.17, 15) is 0 Å². The molecule has 2 rings (SSSR count). The topological polar surface area (TPSA) is 47.1 Å². The van der Waals surface area contributed by atoms with Crippen LogP contribution in [0.5, 0.6) is 0 Å². The zero-order valence-electron chi connectivity index (χ0n) is 11.5. The van der Waals surface area contributed by atoms with Gasteiger partial charge in [0.05, 0.1) is 23.0 Å². The molecule has 1 aromatic heterocycles. The van der Waals surface area contributed by atoms with Crippen molar-refractivity contribution in [2.75, 3.05) is 17.7 Å². The number of halogens is 1. The Kier molecular flexibility index (Phi) is 4.00. The first kappa shape index (κ1) is 13.7. The van der Waals surface area contributed by atoms with Crippen molar-refractivity contribution in [1.29, 1.82) is 0 Å². The maximum atomic E-state index is 6.32. The Hall–Kier alpha value is -1.68. The summed E-state index contributed by atoms with van der Waals surface area (Å²) in [5, 5.41) is 5.17. The van der Waals surface area contributed by atoms with Crippen molar-refractivity contribution >= 4 is 23.0 Å². The van der Waals surface area contributed by atoms with Gasteiger partial charge in [-0.3, -0.25) is 4.68 Å². The predicted molar refractivity (Wildman–Crippen MR) is 80.6 cm³/mol. The van der Waals surface area contributed by atoms with E-state index in [1.807, 2.05) is 42.9 Å². The van der Waals surface area contributed by atoms with Crippen LogP contribution < -0.4 is 10.6 Å². The van der Waals surface area contributed by atoms with Gasteiger partial charge >= 0.3 is 0 Å². The van der Waals surface area contributed by atoms with Crippen LogP contribution in [0.4, 0.5) is 11.4 Å². The molecule has 0 saturated heterocycles. The smallest absolute Gasteiger partial charge is 0.0865 e. The standard InChI is InChI=1S/C14H19ClN4/c1-4-19-13(14(15)10(2)17-19)9-18(3)12-7-5-6-11(16)8-12/h5-8H,4,9,16H2,1-3H3. The summed E-state index contributed by atoms with van der Waals surface area (Å²) in [5.74, 6) is 0. The number of nitrogen functional groups attached to an aromatic ring is 1. The zero-order valence-corrected chi connectivity index (χ0v) is 12.3. The summed E-state index contributed by atoms with van der Waals surface area (Å²) < 4.78 is 1.94. The van der Waals surface area contributed by atoms with Crippen molar-refractivity contribution in [2.45, 2.75) is 26.9 Å². The van der Waals surface area contributed by atoms with Crippen LogP contribution in [0.25, 0.3) is 0 Å². The molecule has 0 aliphatic carbocycles. The molecule has 0 bridgehead atoms. The Balaban J connectivity index is 2.26. The molecule has 2 aromatic rings. The van der Waals surface area contributed by atoms with Crippen molar-refractivity contribution < 1.29 is 0 Å². The number of aryl methyl sites for hydroxylation is 2. The summed E-state index contributed by atoms with van der Waals surface area (Å²) in [6.07, 6.45) is 0. The van der Waals surface area contributed by atoms with E-state index in [1.165, 1.54) is 0 Å². The highest BCUT2D eigenvalue weighted by Crippen LogP contribution is 2.24. The molecular formula is C14H19ClN4. The summed E-state index contributed by atoms with van der Waals surface area (Å²) in [6, 6.07) is 7.81. The summed E-state index contributed by atoms with van der Waals surface area (Å²) in [5.41, 5.74) is 9.55. The van der Waals surface area contributed by atoms with Crippen LogP contribution in [-0.4, -0.2) is 16.8 Å². The average molecular weight is 279 g/mol. The van der Waals surface area contributed by atoms with Crippen LogP contribution in [0, 0.1) is 6.92 Å². The maximum Gasteiger partial charge on any atom is 0.0865 e. The number of nitrogens with two attached hydrogens (primary N) is 1. The third kappa shape index (κ3) is 2.84. The van der Waals surface area contributed by atoms with Gasteiger partial charge in [0.25, 0.3) is 0 Å². The normalized spacial score (nSPS) is 10.7. The van der Waals surface area contributed by atoms with Crippen LogP contribution in [-0.2, 0) is 13.1 Å². The van der Waals surface area contributed by atoms with Crippen LogP contribution >= 0.6 is 11.6 Å². The lowest BCUT2D eigenvalue weighted by Crippen LogP contribution is -2.19. The molecule has 0 amide bonds. The summed E-state index contributed by atoms with van der Waals surface area (Å²) in [7, 11) is 2.02. The van der Waals surface area contributed by atoms with Crippen molar-refractivity contribution in [2.24, 2.45) is 0 Å². The highest BCUT2D eigenvalue weighted by Gasteiger charge is 2.14. The highest BCUT2D eigenvalue weighted by atomic mass is 35.5. The Morgan fingerprint density at radius 1 is 1.42 bits per heavy atom. The molecule has 0 fully saturated rings. The molecule has 19 heavy (non-hydrogen) atoms. The fraction of sp³-hybridized carbons (Fsp3) is 0.357. The first-order chi connectivity index (χ1) is 9.02.